The largest absolute Gasteiger partial charge is 0.277 e. The molecule has 1 N–H and O–H groups in total. The molecular weight excluding hydrogens is 488 g/mol. The first-order valence-electron chi connectivity index (χ1n) is 5.33. The molecule has 2 rings (SSSR count). The molecule has 0 atom stereocenters. The van der Waals surface area contributed by atoms with Crippen LogP contribution in [0.2, 0.25) is 15.1 Å². The Kier molecular flexibility index (Phi) is 5.50. The van der Waals surface area contributed by atoms with E-state index in [1.165, 1.54) is 18.2 Å². The van der Waals surface area contributed by atoms with E-state index in [9.17, 15) is 8.42 Å². The Morgan fingerprint density at radius 2 is 1.52 bits per heavy atom. The van der Waals surface area contributed by atoms with Crippen LogP contribution < -0.4 is 4.72 Å². The van der Waals surface area contributed by atoms with Crippen LogP contribution in [0.15, 0.2) is 44.2 Å². The highest BCUT2D eigenvalue weighted by molar-refractivity contribution is 9.11. The summed E-state index contributed by atoms with van der Waals surface area (Å²) < 4.78 is 28.3. The zero-order valence-electron chi connectivity index (χ0n) is 10.0. The zero-order chi connectivity index (χ0) is 15.8. The maximum Gasteiger partial charge on any atom is 0.263 e. The standard InChI is InChI=1S/C12H6Br2Cl3NO2S/c13-6-1-2-8(14)11(3-6)21(19,20)18-12-9(16)4-7(15)5-10(12)17/h1-5,18H. The lowest BCUT2D eigenvalue weighted by molar-refractivity contribution is 0.600. The van der Waals surface area contributed by atoms with Crippen LogP contribution >= 0.6 is 66.7 Å². The van der Waals surface area contributed by atoms with Gasteiger partial charge in [0.1, 0.15) is 4.90 Å². The van der Waals surface area contributed by atoms with Gasteiger partial charge in [-0.15, -0.1) is 0 Å². The monoisotopic (exact) mass is 491 g/mol. The lowest BCUT2D eigenvalue weighted by Crippen LogP contribution is -2.14. The summed E-state index contributed by atoms with van der Waals surface area (Å²) >= 11 is 24.2. The van der Waals surface area contributed by atoms with Crippen molar-refractivity contribution in [3.63, 3.8) is 0 Å². The Morgan fingerprint density at radius 3 is 2.10 bits per heavy atom. The van der Waals surface area contributed by atoms with Crippen molar-refractivity contribution in [2.45, 2.75) is 4.90 Å². The number of benzene rings is 2. The lowest BCUT2D eigenvalue weighted by atomic mass is 10.3. The molecule has 0 fully saturated rings. The Bertz CT molecular complexity index is 789. The molecule has 0 saturated heterocycles. The van der Waals surface area contributed by atoms with Crippen LogP contribution in [0.1, 0.15) is 0 Å². The molecule has 0 aromatic heterocycles. The molecule has 0 unspecified atom stereocenters. The topological polar surface area (TPSA) is 46.2 Å². The van der Waals surface area contributed by atoms with Crippen LogP contribution in [0.3, 0.4) is 0 Å². The molecular formula is C12H6Br2Cl3NO2S. The van der Waals surface area contributed by atoms with Gasteiger partial charge in [0.05, 0.1) is 15.7 Å². The molecule has 3 nitrogen and oxygen atoms in total. The van der Waals surface area contributed by atoms with Gasteiger partial charge < -0.3 is 0 Å². The van der Waals surface area contributed by atoms with Crippen molar-refractivity contribution in [2.75, 3.05) is 4.72 Å². The van der Waals surface area contributed by atoms with Gasteiger partial charge in [0.2, 0.25) is 0 Å². The van der Waals surface area contributed by atoms with Crippen LogP contribution in [-0.4, -0.2) is 8.42 Å². The number of hydrogen-bond donors (Lipinski definition) is 1. The molecule has 0 aliphatic heterocycles. The second-order valence-electron chi connectivity index (χ2n) is 3.92. The van der Waals surface area contributed by atoms with Gasteiger partial charge in [-0.2, -0.15) is 0 Å². The van der Waals surface area contributed by atoms with Gasteiger partial charge in [-0.05, 0) is 46.3 Å². The highest BCUT2D eigenvalue weighted by Gasteiger charge is 2.21. The van der Waals surface area contributed by atoms with E-state index >= 15 is 0 Å². The summed E-state index contributed by atoms with van der Waals surface area (Å²) in [6.45, 7) is 0. The van der Waals surface area contributed by atoms with Crippen molar-refractivity contribution < 1.29 is 8.42 Å². The first-order chi connectivity index (χ1) is 9.70. The first-order valence-corrected chi connectivity index (χ1v) is 9.53. The molecule has 2 aromatic carbocycles. The summed E-state index contributed by atoms with van der Waals surface area (Å²) in [5.74, 6) is 0. The predicted molar refractivity (Wildman–Crippen MR) is 94.1 cm³/mol. The minimum atomic E-state index is -3.86. The van der Waals surface area contributed by atoms with Crippen molar-refractivity contribution in [3.8, 4) is 0 Å². The minimum Gasteiger partial charge on any atom is -0.277 e. The molecule has 0 aliphatic carbocycles. The van der Waals surface area contributed by atoms with E-state index in [0.717, 1.165) is 0 Å². The number of sulfonamides is 1. The number of anilines is 1. The number of hydrogen-bond acceptors (Lipinski definition) is 2. The van der Waals surface area contributed by atoms with Crippen LogP contribution in [0.4, 0.5) is 5.69 Å². The third-order valence-electron chi connectivity index (χ3n) is 2.43. The fourth-order valence-electron chi connectivity index (χ4n) is 1.51. The van der Waals surface area contributed by atoms with Crippen LogP contribution in [0.5, 0.6) is 0 Å². The minimum absolute atomic E-state index is 0.0546. The van der Waals surface area contributed by atoms with E-state index in [2.05, 4.69) is 36.6 Å². The average molecular weight is 494 g/mol. The summed E-state index contributed by atoms with van der Waals surface area (Å²) in [4.78, 5) is 0.0546. The molecule has 112 valence electrons. The fourth-order valence-corrected chi connectivity index (χ4v) is 5.14. The normalized spacial score (nSPS) is 11.5. The molecule has 0 saturated carbocycles. The Hall–Kier alpha value is 0.0200. The first kappa shape index (κ1) is 17.4. The molecule has 0 aliphatic rings. The van der Waals surface area contributed by atoms with Crippen molar-refractivity contribution >= 4 is 82.4 Å². The smallest absolute Gasteiger partial charge is 0.263 e. The fraction of sp³-hybridized carbons (Fsp3) is 0. The Morgan fingerprint density at radius 1 is 0.952 bits per heavy atom. The molecule has 0 radical (unpaired) electrons. The van der Waals surface area contributed by atoms with Gasteiger partial charge in [0.15, 0.2) is 0 Å². The predicted octanol–water partition coefficient (Wildman–Crippen LogP) is 5.97. The van der Waals surface area contributed by atoms with Crippen molar-refractivity contribution in [1.82, 2.24) is 0 Å². The van der Waals surface area contributed by atoms with Crippen LogP contribution in [0, 0.1) is 0 Å². The van der Waals surface area contributed by atoms with E-state index in [-0.39, 0.29) is 20.6 Å². The third kappa shape index (κ3) is 4.06. The Labute approximate surface area is 153 Å². The number of nitrogens with one attached hydrogen (secondary N) is 1. The van der Waals surface area contributed by atoms with Crippen molar-refractivity contribution in [2.24, 2.45) is 0 Å². The summed E-state index contributed by atoms with van der Waals surface area (Å²) in [5.41, 5.74) is 0.0783. The molecule has 2 aromatic rings. The van der Waals surface area contributed by atoms with Crippen LogP contribution in [0.25, 0.3) is 0 Å². The summed E-state index contributed by atoms with van der Waals surface area (Å²) in [5, 5.41) is 0.543. The van der Waals surface area contributed by atoms with Crippen molar-refractivity contribution in [3.05, 3.63) is 54.3 Å². The van der Waals surface area contributed by atoms with E-state index in [4.69, 9.17) is 34.8 Å². The third-order valence-corrected chi connectivity index (χ3v) is 6.08. The lowest BCUT2D eigenvalue weighted by Gasteiger charge is -2.13. The van der Waals surface area contributed by atoms with Gasteiger partial charge >= 0.3 is 0 Å². The van der Waals surface area contributed by atoms with Gasteiger partial charge in [0.25, 0.3) is 10.0 Å². The maximum atomic E-state index is 12.5. The van der Waals surface area contributed by atoms with E-state index in [0.29, 0.717) is 14.0 Å². The van der Waals surface area contributed by atoms with E-state index in [1.807, 2.05) is 0 Å². The Balaban J connectivity index is 2.50. The molecule has 9 heteroatoms. The molecule has 0 amide bonds. The quantitative estimate of drug-likeness (QED) is 0.572. The number of rotatable bonds is 3. The van der Waals surface area contributed by atoms with Gasteiger partial charge in [-0.25, -0.2) is 8.42 Å². The maximum absolute atomic E-state index is 12.5. The van der Waals surface area contributed by atoms with Gasteiger partial charge in [0, 0.05) is 14.0 Å². The second kappa shape index (κ2) is 6.64. The van der Waals surface area contributed by atoms with Crippen molar-refractivity contribution in [1.29, 1.82) is 0 Å². The summed E-state index contributed by atoms with van der Waals surface area (Å²) in [7, 11) is -3.86. The summed E-state index contributed by atoms with van der Waals surface area (Å²) in [6, 6.07) is 7.60. The zero-order valence-corrected chi connectivity index (χ0v) is 16.3. The molecule has 0 spiro atoms. The molecule has 0 bridgehead atoms. The highest BCUT2D eigenvalue weighted by atomic mass is 79.9. The summed E-state index contributed by atoms with van der Waals surface area (Å²) in [6.07, 6.45) is 0. The average Bonchev–Trinajstić information content (AvgIpc) is 2.36. The molecule has 0 heterocycles. The van der Waals surface area contributed by atoms with Gasteiger partial charge in [-0.3, -0.25) is 4.72 Å². The van der Waals surface area contributed by atoms with Gasteiger partial charge in [-0.1, -0.05) is 50.7 Å². The SMILES string of the molecule is O=S(=O)(Nc1c(Cl)cc(Cl)cc1Cl)c1cc(Br)ccc1Br. The highest BCUT2D eigenvalue weighted by Crippen LogP contribution is 2.36. The van der Waals surface area contributed by atoms with Crippen LogP contribution in [-0.2, 0) is 10.0 Å². The number of halogens is 5. The van der Waals surface area contributed by atoms with E-state index < -0.39 is 10.0 Å². The second-order valence-corrected chi connectivity index (χ2v) is 8.60. The van der Waals surface area contributed by atoms with E-state index in [1.54, 1.807) is 12.1 Å². The molecule has 21 heavy (non-hydrogen) atoms.